The van der Waals surface area contributed by atoms with Crippen LogP contribution in [0.1, 0.15) is 46.8 Å². The van der Waals surface area contributed by atoms with E-state index in [0.717, 1.165) is 52.1 Å². The average molecular weight is 515 g/mol. The van der Waals surface area contributed by atoms with Crippen molar-refractivity contribution in [3.8, 4) is 5.69 Å². The highest BCUT2D eigenvalue weighted by atomic mass is 35.5. The molecule has 1 heterocycles. The highest BCUT2D eigenvalue weighted by Crippen LogP contribution is 2.42. The topological polar surface area (TPSA) is 17.8 Å². The number of fused-ring (bicyclic) bond motifs is 1. The monoisotopic (exact) mass is 514 g/mol. The molecule has 0 saturated carbocycles. The molecule has 0 radical (unpaired) electrons. The zero-order valence-corrected chi connectivity index (χ0v) is 20.8. The third-order valence-corrected chi connectivity index (χ3v) is 8.01. The Labute approximate surface area is 211 Å². The molecule has 1 unspecified atom stereocenters. The van der Waals surface area contributed by atoms with Gasteiger partial charge in [-0.2, -0.15) is 0 Å². The van der Waals surface area contributed by atoms with E-state index >= 15 is 0 Å². The first kappa shape index (κ1) is 23.4. The number of nitrogens with zero attached hydrogens (tertiary/aromatic N) is 2. The van der Waals surface area contributed by atoms with Gasteiger partial charge in [0, 0.05) is 33.0 Å². The lowest BCUT2D eigenvalue weighted by Gasteiger charge is -2.25. The summed E-state index contributed by atoms with van der Waals surface area (Å²) in [6.45, 7) is 2.01. The van der Waals surface area contributed by atoms with Gasteiger partial charge in [-0.25, -0.2) is 13.8 Å². The molecule has 1 aliphatic carbocycles. The largest absolute Gasteiger partial charge is 0.291 e. The summed E-state index contributed by atoms with van der Waals surface area (Å²) in [5, 5.41) is 1.88. The second-order valence-corrected chi connectivity index (χ2v) is 10.2. The number of hydrogen-bond acceptors (Lipinski definition) is 2. The van der Waals surface area contributed by atoms with Crippen molar-refractivity contribution in [2.45, 2.75) is 43.0 Å². The van der Waals surface area contributed by atoms with Crippen molar-refractivity contribution in [1.29, 1.82) is 0 Å². The number of halogens is 4. The van der Waals surface area contributed by atoms with Gasteiger partial charge in [0.2, 0.25) is 0 Å². The Balaban J connectivity index is 1.62. The van der Waals surface area contributed by atoms with Gasteiger partial charge in [0.15, 0.2) is 5.16 Å². The SMILES string of the molecule is Cc1cc(C2CCCc3nc(SCc4c(F)cccc4Cl)n(-c4ccc(F)cc4)c32)ccc1Cl. The van der Waals surface area contributed by atoms with Crippen molar-refractivity contribution in [2.24, 2.45) is 0 Å². The van der Waals surface area contributed by atoms with Gasteiger partial charge in [-0.05, 0) is 79.8 Å². The van der Waals surface area contributed by atoms with E-state index in [9.17, 15) is 8.78 Å². The van der Waals surface area contributed by atoms with Crippen LogP contribution in [0.5, 0.6) is 0 Å². The van der Waals surface area contributed by atoms with Gasteiger partial charge in [-0.1, -0.05) is 53.2 Å². The summed E-state index contributed by atoms with van der Waals surface area (Å²) in [5.41, 5.74) is 5.61. The van der Waals surface area contributed by atoms with Crippen molar-refractivity contribution >= 4 is 35.0 Å². The zero-order valence-electron chi connectivity index (χ0n) is 18.5. The van der Waals surface area contributed by atoms with Crippen LogP contribution in [0.3, 0.4) is 0 Å². The first-order valence-electron chi connectivity index (χ1n) is 11.1. The standard InChI is InChI=1S/C27H22Cl2F2N2S/c1-16-14-17(8-13-22(16)28)20-4-2-7-25-26(20)33(19-11-9-18(30)10-12-19)27(32-25)34-15-21-23(29)5-3-6-24(21)31/h3,5-6,8-14,20H,2,4,7,15H2,1H3. The number of thioether (sulfide) groups is 1. The van der Waals surface area contributed by atoms with Crippen LogP contribution in [-0.4, -0.2) is 9.55 Å². The Morgan fingerprint density at radius 3 is 2.56 bits per heavy atom. The normalized spacial score (nSPS) is 15.4. The minimum atomic E-state index is -0.334. The average Bonchev–Trinajstić information content (AvgIpc) is 3.19. The van der Waals surface area contributed by atoms with E-state index in [1.54, 1.807) is 24.3 Å². The molecule has 1 atom stereocenters. The van der Waals surface area contributed by atoms with Gasteiger partial charge in [0.1, 0.15) is 11.6 Å². The lowest BCUT2D eigenvalue weighted by Crippen LogP contribution is -2.15. The maximum absolute atomic E-state index is 14.4. The predicted octanol–water partition coefficient (Wildman–Crippen LogP) is 8.53. The molecule has 0 amide bonds. The summed E-state index contributed by atoms with van der Waals surface area (Å²) in [4.78, 5) is 4.98. The van der Waals surface area contributed by atoms with Crippen molar-refractivity contribution in [3.63, 3.8) is 0 Å². The van der Waals surface area contributed by atoms with Gasteiger partial charge in [-0.15, -0.1) is 0 Å². The maximum Gasteiger partial charge on any atom is 0.173 e. The fraction of sp³-hybridized carbons (Fsp3) is 0.222. The van der Waals surface area contributed by atoms with E-state index in [1.807, 2.05) is 13.0 Å². The Morgan fingerprint density at radius 2 is 1.82 bits per heavy atom. The molecule has 0 N–H and O–H groups in total. The number of aryl methyl sites for hydroxylation is 2. The van der Waals surface area contributed by atoms with Gasteiger partial charge >= 0.3 is 0 Å². The molecular weight excluding hydrogens is 493 g/mol. The third-order valence-electron chi connectivity index (χ3n) is 6.27. The summed E-state index contributed by atoms with van der Waals surface area (Å²) in [6, 6.07) is 17.3. The molecule has 1 aromatic heterocycles. The molecule has 34 heavy (non-hydrogen) atoms. The Bertz CT molecular complexity index is 1330. The second kappa shape index (κ2) is 9.73. The summed E-state index contributed by atoms with van der Waals surface area (Å²) in [6.07, 6.45) is 2.86. The Morgan fingerprint density at radius 1 is 1.03 bits per heavy atom. The van der Waals surface area contributed by atoms with Crippen molar-refractivity contribution in [2.75, 3.05) is 0 Å². The highest BCUT2D eigenvalue weighted by Gasteiger charge is 2.30. The molecule has 0 fully saturated rings. The smallest absolute Gasteiger partial charge is 0.173 e. The lowest BCUT2D eigenvalue weighted by atomic mass is 9.83. The number of rotatable bonds is 5. The lowest BCUT2D eigenvalue weighted by molar-refractivity contribution is 0.586. The minimum absolute atomic E-state index is 0.128. The quantitative estimate of drug-likeness (QED) is 0.248. The van der Waals surface area contributed by atoms with Crippen LogP contribution in [0.15, 0.2) is 65.8 Å². The van der Waals surface area contributed by atoms with Crippen LogP contribution in [0.4, 0.5) is 8.78 Å². The van der Waals surface area contributed by atoms with Gasteiger partial charge in [-0.3, -0.25) is 4.57 Å². The molecule has 3 aromatic carbocycles. The van der Waals surface area contributed by atoms with Gasteiger partial charge in [0.25, 0.3) is 0 Å². The molecule has 174 valence electrons. The molecular formula is C27H22Cl2F2N2S. The molecule has 0 aliphatic heterocycles. The summed E-state index contributed by atoms with van der Waals surface area (Å²) < 4.78 is 30.3. The predicted molar refractivity (Wildman–Crippen MR) is 135 cm³/mol. The van der Waals surface area contributed by atoms with Crippen LogP contribution in [0.25, 0.3) is 5.69 Å². The molecule has 0 bridgehead atoms. The molecule has 7 heteroatoms. The second-order valence-electron chi connectivity index (χ2n) is 8.48. The first-order chi connectivity index (χ1) is 16.4. The molecule has 0 spiro atoms. The third kappa shape index (κ3) is 4.49. The fourth-order valence-electron chi connectivity index (χ4n) is 4.56. The van der Waals surface area contributed by atoms with E-state index in [-0.39, 0.29) is 17.6 Å². The van der Waals surface area contributed by atoms with E-state index in [4.69, 9.17) is 28.2 Å². The minimum Gasteiger partial charge on any atom is -0.291 e. The van der Waals surface area contributed by atoms with E-state index in [2.05, 4.69) is 16.7 Å². The van der Waals surface area contributed by atoms with Crippen molar-refractivity contribution < 1.29 is 8.78 Å². The number of imidazole rings is 1. The van der Waals surface area contributed by atoms with Crippen LogP contribution >= 0.6 is 35.0 Å². The maximum atomic E-state index is 14.4. The highest BCUT2D eigenvalue weighted by molar-refractivity contribution is 7.98. The fourth-order valence-corrected chi connectivity index (χ4v) is 6.06. The van der Waals surface area contributed by atoms with Crippen LogP contribution in [0.2, 0.25) is 10.0 Å². The van der Waals surface area contributed by atoms with Gasteiger partial charge < -0.3 is 0 Å². The molecule has 5 rings (SSSR count). The summed E-state index contributed by atoms with van der Waals surface area (Å²) in [7, 11) is 0. The van der Waals surface area contributed by atoms with E-state index in [1.165, 1.54) is 35.5 Å². The number of aromatic nitrogens is 2. The van der Waals surface area contributed by atoms with Gasteiger partial charge in [0.05, 0.1) is 11.4 Å². The summed E-state index contributed by atoms with van der Waals surface area (Å²) >= 11 is 14.0. The van der Waals surface area contributed by atoms with Crippen LogP contribution < -0.4 is 0 Å². The van der Waals surface area contributed by atoms with Crippen LogP contribution in [0, 0.1) is 18.6 Å². The molecule has 1 aliphatic rings. The van der Waals surface area contributed by atoms with E-state index in [0.29, 0.717) is 16.3 Å². The molecule has 4 aromatic rings. The zero-order chi connectivity index (χ0) is 23.8. The van der Waals surface area contributed by atoms with Crippen molar-refractivity contribution in [1.82, 2.24) is 9.55 Å². The Hall–Kier alpha value is -2.34. The summed E-state index contributed by atoms with van der Waals surface area (Å²) in [5.74, 6) is -0.161. The number of hydrogen-bond donors (Lipinski definition) is 0. The number of benzene rings is 3. The van der Waals surface area contributed by atoms with E-state index < -0.39 is 0 Å². The molecule has 2 nitrogen and oxygen atoms in total. The Kier molecular flexibility index (Phi) is 6.70. The molecule has 0 saturated heterocycles. The van der Waals surface area contributed by atoms with Crippen molar-refractivity contribution in [3.05, 3.63) is 110 Å². The first-order valence-corrected chi connectivity index (χ1v) is 12.9. The van der Waals surface area contributed by atoms with Crippen LogP contribution in [-0.2, 0) is 12.2 Å².